The summed E-state index contributed by atoms with van der Waals surface area (Å²) in [6.07, 6.45) is 1.09. The van der Waals surface area contributed by atoms with Gasteiger partial charge in [0.15, 0.2) is 6.54 Å². The van der Waals surface area contributed by atoms with Crippen LogP contribution in [0.5, 0.6) is 0 Å². The number of pyridine rings is 1. The highest BCUT2D eigenvalue weighted by Crippen LogP contribution is 2.34. The van der Waals surface area contributed by atoms with Crippen LogP contribution in [0.1, 0.15) is 18.0 Å². The van der Waals surface area contributed by atoms with E-state index in [4.69, 9.17) is 0 Å². The van der Waals surface area contributed by atoms with Crippen LogP contribution in [0.3, 0.4) is 0 Å². The van der Waals surface area contributed by atoms with E-state index in [-0.39, 0.29) is 11.5 Å². The molecule has 3 N–H and O–H groups in total. The highest BCUT2D eigenvalue weighted by molar-refractivity contribution is 5.77. The Kier molecular flexibility index (Phi) is 2.70. The van der Waals surface area contributed by atoms with Crippen LogP contribution in [0.15, 0.2) is 23.0 Å². The molecular weight excluding hydrogens is 230 g/mol. The molecule has 0 saturated carbocycles. The molecule has 3 rings (SSSR count). The van der Waals surface area contributed by atoms with Crippen molar-refractivity contribution < 1.29 is 10.5 Å². The number of hydrogen-bond donors (Lipinski definition) is 1. The summed E-state index contributed by atoms with van der Waals surface area (Å²) in [5.74, 6) is 0.838. The predicted octanol–water partition coefficient (Wildman–Crippen LogP) is -0.964. The molecule has 2 aliphatic rings. The molecule has 0 radical (unpaired) electrons. The highest BCUT2D eigenvalue weighted by atomic mass is 16.2. The number of quaternary nitrogens is 1. The monoisotopic (exact) mass is 248 g/mol. The van der Waals surface area contributed by atoms with Crippen molar-refractivity contribution in [2.75, 3.05) is 19.6 Å². The lowest BCUT2D eigenvalue weighted by molar-refractivity contribution is -0.357. The molecule has 18 heavy (non-hydrogen) atoms. The van der Waals surface area contributed by atoms with Gasteiger partial charge < -0.3 is 15.2 Å². The molecule has 1 fully saturated rings. The minimum absolute atomic E-state index is 0.0825. The standard InChI is InChI=1S/C13H17N3O2/c14-5-13(18)15-6-9-4-10(8-15)11-2-1-3-12(17)16(11)7-9/h1-3,9-10H,4-8,14H2/p+1/t9-,10+/m1/s1. The van der Waals surface area contributed by atoms with Crippen LogP contribution in [0, 0.1) is 5.92 Å². The van der Waals surface area contributed by atoms with E-state index < -0.39 is 0 Å². The van der Waals surface area contributed by atoms with Crippen molar-refractivity contribution in [3.8, 4) is 0 Å². The van der Waals surface area contributed by atoms with Crippen molar-refractivity contribution in [2.24, 2.45) is 5.92 Å². The number of aromatic nitrogens is 1. The molecule has 96 valence electrons. The van der Waals surface area contributed by atoms with Crippen molar-refractivity contribution >= 4 is 5.91 Å². The van der Waals surface area contributed by atoms with Gasteiger partial charge in [0.2, 0.25) is 0 Å². The number of amides is 1. The Balaban J connectivity index is 1.95. The van der Waals surface area contributed by atoms with Gasteiger partial charge in [-0.05, 0) is 18.4 Å². The Morgan fingerprint density at radius 3 is 2.94 bits per heavy atom. The molecule has 5 nitrogen and oxygen atoms in total. The third-order valence-electron chi connectivity index (χ3n) is 4.05. The van der Waals surface area contributed by atoms with Gasteiger partial charge in [-0.1, -0.05) is 6.07 Å². The Morgan fingerprint density at radius 2 is 2.17 bits per heavy atom. The summed E-state index contributed by atoms with van der Waals surface area (Å²) in [5.41, 5.74) is 4.83. The lowest BCUT2D eigenvalue weighted by atomic mass is 9.83. The van der Waals surface area contributed by atoms with E-state index in [0.29, 0.717) is 18.4 Å². The van der Waals surface area contributed by atoms with Gasteiger partial charge in [-0.2, -0.15) is 0 Å². The zero-order chi connectivity index (χ0) is 12.7. The van der Waals surface area contributed by atoms with Gasteiger partial charge in [-0.15, -0.1) is 0 Å². The van der Waals surface area contributed by atoms with Gasteiger partial charge in [-0.3, -0.25) is 9.59 Å². The quantitative estimate of drug-likeness (QED) is 0.695. The van der Waals surface area contributed by atoms with Crippen molar-refractivity contribution in [3.05, 3.63) is 34.2 Å². The molecule has 2 aliphatic heterocycles. The summed E-state index contributed by atoms with van der Waals surface area (Å²) in [6, 6.07) is 5.44. The number of nitrogens with zero attached hydrogens (tertiary/aromatic N) is 2. The molecule has 2 atom stereocenters. The second kappa shape index (κ2) is 4.24. The van der Waals surface area contributed by atoms with Gasteiger partial charge in [0.1, 0.15) is 0 Å². The Bertz CT molecular complexity index is 537. The molecule has 0 unspecified atom stereocenters. The van der Waals surface area contributed by atoms with Gasteiger partial charge in [-0.25, -0.2) is 0 Å². The predicted molar refractivity (Wildman–Crippen MR) is 65.9 cm³/mol. The van der Waals surface area contributed by atoms with E-state index in [1.54, 1.807) is 6.07 Å². The van der Waals surface area contributed by atoms with Gasteiger partial charge >= 0.3 is 0 Å². The lowest BCUT2D eigenvalue weighted by Crippen LogP contribution is -2.60. The fraction of sp³-hybridized carbons (Fsp3) is 0.538. The Morgan fingerprint density at radius 1 is 1.33 bits per heavy atom. The number of piperidine rings is 1. The number of carbonyl (C=O) groups is 1. The Hall–Kier alpha value is -1.62. The maximum Gasteiger partial charge on any atom is 0.277 e. The molecule has 1 saturated heterocycles. The van der Waals surface area contributed by atoms with Crippen molar-refractivity contribution in [3.63, 3.8) is 0 Å². The summed E-state index contributed by atoms with van der Waals surface area (Å²) in [5, 5.41) is 0. The maximum absolute atomic E-state index is 11.8. The molecule has 1 aromatic heterocycles. The van der Waals surface area contributed by atoms with Crippen LogP contribution >= 0.6 is 0 Å². The zero-order valence-electron chi connectivity index (χ0n) is 10.3. The smallest absolute Gasteiger partial charge is 0.277 e. The normalized spacial score (nSPS) is 25.7. The average molecular weight is 248 g/mol. The van der Waals surface area contributed by atoms with E-state index in [1.807, 2.05) is 21.6 Å². The number of carbonyl (C=O) groups excluding carboxylic acids is 1. The molecule has 1 aromatic rings. The summed E-state index contributed by atoms with van der Waals surface area (Å²) < 4.78 is 1.88. The molecule has 3 heterocycles. The molecule has 0 aliphatic carbocycles. The first-order chi connectivity index (χ1) is 8.69. The number of hydrogen-bond acceptors (Lipinski definition) is 2. The zero-order valence-corrected chi connectivity index (χ0v) is 10.3. The van der Waals surface area contributed by atoms with E-state index in [2.05, 4.69) is 5.73 Å². The first-order valence-corrected chi connectivity index (χ1v) is 6.46. The minimum atomic E-state index is 0.0825. The fourth-order valence-electron chi connectivity index (χ4n) is 3.26. The van der Waals surface area contributed by atoms with E-state index in [1.165, 1.54) is 0 Å². The van der Waals surface area contributed by atoms with Crippen molar-refractivity contribution in [1.29, 1.82) is 0 Å². The van der Waals surface area contributed by atoms with E-state index >= 15 is 0 Å². The summed E-state index contributed by atoms with van der Waals surface area (Å²) in [7, 11) is 0. The van der Waals surface area contributed by atoms with E-state index in [9.17, 15) is 9.59 Å². The first-order valence-electron chi connectivity index (χ1n) is 6.46. The fourth-order valence-corrected chi connectivity index (χ4v) is 3.26. The largest absolute Gasteiger partial charge is 0.350 e. The third kappa shape index (κ3) is 1.75. The average Bonchev–Trinajstić information content (AvgIpc) is 2.39. The van der Waals surface area contributed by atoms with Crippen molar-refractivity contribution in [1.82, 2.24) is 9.47 Å². The van der Waals surface area contributed by atoms with Crippen LogP contribution in [-0.2, 0) is 11.3 Å². The Labute approximate surface area is 105 Å². The summed E-state index contributed by atoms with van der Waals surface area (Å²) in [4.78, 5) is 25.5. The van der Waals surface area contributed by atoms with Crippen LogP contribution in [0.25, 0.3) is 0 Å². The van der Waals surface area contributed by atoms with Gasteiger partial charge in [0, 0.05) is 37.3 Å². The first kappa shape index (κ1) is 11.5. The van der Waals surface area contributed by atoms with E-state index in [0.717, 1.165) is 31.7 Å². The van der Waals surface area contributed by atoms with Crippen LogP contribution in [0.2, 0.25) is 0 Å². The van der Waals surface area contributed by atoms with Gasteiger partial charge in [0.05, 0.1) is 0 Å². The third-order valence-corrected chi connectivity index (χ3v) is 4.05. The van der Waals surface area contributed by atoms with Crippen LogP contribution in [-0.4, -0.2) is 35.0 Å². The topological polar surface area (TPSA) is 70.0 Å². The number of rotatable bonds is 1. The second-order valence-electron chi connectivity index (χ2n) is 5.25. The maximum atomic E-state index is 11.8. The molecule has 5 heteroatoms. The SMILES string of the molecule is [NH3+]CC(=O)N1C[C@H]2C[C@@H](C1)c1cccc(=O)n1C2. The molecular formula is C13H18N3O2+. The molecule has 0 aromatic carbocycles. The molecule has 2 bridgehead atoms. The highest BCUT2D eigenvalue weighted by Gasteiger charge is 2.36. The molecule has 0 spiro atoms. The number of fused-ring (bicyclic) bond motifs is 4. The van der Waals surface area contributed by atoms with Crippen molar-refractivity contribution in [2.45, 2.75) is 18.9 Å². The number of likely N-dealkylation sites (tertiary alicyclic amines) is 1. The summed E-state index contributed by atoms with van der Waals surface area (Å²) >= 11 is 0. The van der Waals surface area contributed by atoms with Crippen LogP contribution in [0.4, 0.5) is 0 Å². The molecule has 1 amide bonds. The summed E-state index contributed by atoms with van der Waals surface area (Å²) in [6.45, 7) is 2.56. The van der Waals surface area contributed by atoms with Gasteiger partial charge in [0.25, 0.3) is 11.5 Å². The second-order valence-corrected chi connectivity index (χ2v) is 5.25. The van der Waals surface area contributed by atoms with Crippen LogP contribution < -0.4 is 11.3 Å². The lowest BCUT2D eigenvalue weighted by Gasteiger charge is -2.42. The minimum Gasteiger partial charge on any atom is -0.350 e.